The first kappa shape index (κ1) is 16.7. The topological polar surface area (TPSA) is 41.6 Å². The quantitative estimate of drug-likeness (QED) is 0.899. The lowest BCUT2D eigenvalue weighted by molar-refractivity contribution is -0.127. The fourth-order valence-electron chi connectivity index (χ4n) is 3.37. The second kappa shape index (κ2) is 8.13. The molecule has 1 aromatic carbocycles. The van der Waals surface area contributed by atoms with Gasteiger partial charge >= 0.3 is 0 Å². The van der Waals surface area contributed by atoms with Crippen molar-refractivity contribution in [2.45, 2.75) is 38.3 Å². The van der Waals surface area contributed by atoms with Gasteiger partial charge in [0.15, 0.2) is 0 Å². The average Bonchev–Trinajstić information content (AvgIpc) is 3.09. The normalized spacial score (nSPS) is 23.1. The van der Waals surface area contributed by atoms with Crippen molar-refractivity contribution in [1.82, 2.24) is 10.2 Å². The maximum Gasteiger partial charge on any atom is 0.223 e. The van der Waals surface area contributed by atoms with Crippen LogP contribution in [0.15, 0.2) is 24.3 Å². The van der Waals surface area contributed by atoms with Crippen molar-refractivity contribution in [3.05, 3.63) is 34.9 Å². The largest absolute Gasteiger partial charge is 0.376 e. The van der Waals surface area contributed by atoms with Crippen LogP contribution in [-0.4, -0.2) is 43.2 Å². The van der Waals surface area contributed by atoms with Gasteiger partial charge in [-0.25, -0.2) is 0 Å². The van der Waals surface area contributed by atoms with Crippen LogP contribution in [0.4, 0.5) is 0 Å². The van der Waals surface area contributed by atoms with Crippen molar-refractivity contribution >= 4 is 17.5 Å². The lowest BCUT2D eigenvalue weighted by Crippen LogP contribution is -2.42. The number of carbonyl (C=O) groups is 1. The van der Waals surface area contributed by atoms with Crippen LogP contribution in [-0.2, 0) is 16.1 Å². The van der Waals surface area contributed by atoms with Gasteiger partial charge in [0.1, 0.15) is 0 Å². The van der Waals surface area contributed by atoms with Crippen LogP contribution in [0.25, 0.3) is 0 Å². The Labute approximate surface area is 143 Å². The van der Waals surface area contributed by atoms with Gasteiger partial charge in [0, 0.05) is 30.6 Å². The summed E-state index contributed by atoms with van der Waals surface area (Å²) in [5, 5.41) is 3.84. The molecule has 2 saturated heterocycles. The molecular weight excluding hydrogens is 312 g/mol. The molecule has 3 rings (SSSR count). The molecule has 0 bridgehead atoms. The number of amides is 1. The van der Waals surface area contributed by atoms with Gasteiger partial charge in [0.2, 0.25) is 5.91 Å². The minimum Gasteiger partial charge on any atom is -0.376 e. The summed E-state index contributed by atoms with van der Waals surface area (Å²) >= 11 is 5.92. The Morgan fingerprint density at radius 2 is 1.96 bits per heavy atom. The van der Waals surface area contributed by atoms with Crippen LogP contribution >= 0.6 is 11.6 Å². The van der Waals surface area contributed by atoms with E-state index in [9.17, 15) is 4.79 Å². The second-order valence-corrected chi connectivity index (χ2v) is 6.99. The summed E-state index contributed by atoms with van der Waals surface area (Å²) in [4.78, 5) is 14.7. The van der Waals surface area contributed by atoms with Gasteiger partial charge in [-0.15, -0.1) is 0 Å². The third kappa shape index (κ3) is 4.93. The van der Waals surface area contributed by atoms with Crippen molar-refractivity contribution in [2.24, 2.45) is 5.92 Å². The van der Waals surface area contributed by atoms with Gasteiger partial charge in [0.25, 0.3) is 0 Å². The van der Waals surface area contributed by atoms with E-state index >= 15 is 0 Å². The third-order valence-electron chi connectivity index (χ3n) is 4.81. The molecule has 0 unspecified atom stereocenters. The molecule has 1 amide bonds. The standard InChI is InChI=1S/C18H25ClN2O2/c19-16-5-3-14(4-6-16)13-21-9-7-15(8-10-21)18(22)20-12-17-2-1-11-23-17/h3-6,15,17H,1-2,7-13H2,(H,20,22)/t17-/m0/s1. The first-order chi connectivity index (χ1) is 11.2. The highest BCUT2D eigenvalue weighted by atomic mass is 35.5. The lowest BCUT2D eigenvalue weighted by Gasteiger charge is -2.31. The number of halogens is 1. The monoisotopic (exact) mass is 336 g/mol. The number of nitrogens with zero attached hydrogens (tertiary/aromatic N) is 1. The van der Waals surface area contributed by atoms with Crippen LogP contribution in [0.2, 0.25) is 5.02 Å². The van der Waals surface area contributed by atoms with E-state index < -0.39 is 0 Å². The Hall–Kier alpha value is -1.10. The molecule has 126 valence electrons. The summed E-state index contributed by atoms with van der Waals surface area (Å²) in [6.07, 6.45) is 4.28. The molecule has 4 nitrogen and oxygen atoms in total. The van der Waals surface area contributed by atoms with Crippen LogP contribution in [0, 0.1) is 5.92 Å². The number of nitrogens with one attached hydrogen (secondary N) is 1. The van der Waals surface area contributed by atoms with Gasteiger partial charge in [-0.2, -0.15) is 0 Å². The second-order valence-electron chi connectivity index (χ2n) is 6.56. The van der Waals surface area contributed by atoms with Gasteiger partial charge in [-0.05, 0) is 56.5 Å². The van der Waals surface area contributed by atoms with Crippen molar-refractivity contribution < 1.29 is 9.53 Å². The van der Waals surface area contributed by atoms with Crippen molar-refractivity contribution in [1.29, 1.82) is 0 Å². The van der Waals surface area contributed by atoms with E-state index in [2.05, 4.69) is 22.3 Å². The Morgan fingerprint density at radius 3 is 2.61 bits per heavy atom. The SMILES string of the molecule is O=C(NC[C@@H]1CCCO1)C1CCN(Cc2ccc(Cl)cc2)CC1. The molecule has 2 heterocycles. The van der Waals surface area contributed by atoms with Crippen LogP contribution in [0.3, 0.4) is 0 Å². The van der Waals surface area contributed by atoms with Gasteiger partial charge in [-0.3, -0.25) is 9.69 Å². The summed E-state index contributed by atoms with van der Waals surface area (Å²) in [5.41, 5.74) is 1.27. The fraction of sp³-hybridized carbons (Fsp3) is 0.611. The highest BCUT2D eigenvalue weighted by Gasteiger charge is 2.26. The molecule has 0 radical (unpaired) electrons. The number of ether oxygens (including phenoxy) is 1. The Balaban J connectivity index is 1.39. The molecule has 1 N–H and O–H groups in total. The van der Waals surface area contributed by atoms with Crippen molar-refractivity contribution in [3.63, 3.8) is 0 Å². The molecule has 0 spiro atoms. The molecule has 2 aliphatic rings. The zero-order chi connectivity index (χ0) is 16.1. The Kier molecular flexibility index (Phi) is 5.92. The summed E-state index contributed by atoms with van der Waals surface area (Å²) in [7, 11) is 0. The van der Waals surface area contributed by atoms with E-state index in [1.165, 1.54) is 5.56 Å². The zero-order valence-corrected chi connectivity index (χ0v) is 14.2. The first-order valence-corrected chi connectivity index (χ1v) is 8.94. The van der Waals surface area contributed by atoms with Crippen LogP contribution < -0.4 is 5.32 Å². The molecule has 1 aromatic rings. The molecule has 5 heteroatoms. The number of hydrogen-bond acceptors (Lipinski definition) is 3. The third-order valence-corrected chi connectivity index (χ3v) is 5.06. The van der Waals surface area contributed by atoms with E-state index in [0.29, 0.717) is 6.54 Å². The zero-order valence-electron chi connectivity index (χ0n) is 13.5. The van der Waals surface area contributed by atoms with E-state index in [-0.39, 0.29) is 17.9 Å². The first-order valence-electron chi connectivity index (χ1n) is 8.57. The molecular formula is C18H25ClN2O2. The number of carbonyl (C=O) groups excluding carboxylic acids is 1. The number of rotatable bonds is 5. The van der Waals surface area contributed by atoms with Crippen molar-refractivity contribution in [2.75, 3.05) is 26.2 Å². The smallest absolute Gasteiger partial charge is 0.223 e. The van der Waals surface area contributed by atoms with Gasteiger partial charge in [0.05, 0.1) is 6.10 Å². The molecule has 0 saturated carbocycles. The lowest BCUT2D eigenvalue weighted by atomic mass is 9.95. The summed E-state index contributed by atoms with van der Waals surface area (Å²) in [6.45, 7) is 4.39. The molecule has 0 aromatic heterocycles. The predicted octanol–water partition coefficient (Wildman–Crippen LogP) is 2.85. The van der Waals surface area contributed by atoms with Crippen molar-refractivity contribution in [3.8, 4) is 0 Å². The highest BCUT2D eigenvalue weighted by Crippen LogP contribution is 2.20. The van der Waals surface area contributed by atoms with E-state index in [0.717, 1.165) is 56.9 Å². The molecule has 0 aliphatic carbocycles. The minimum absolute atomic E-state index is 0.151. The van der Waals surface area contributed by atoms with Gasteiger partial charge < -0.3 is 10.1 Å². The fourth-order valence-corrected chi connectivity index (χ4v) is 3.49. The van der Waals surface area contributed by atoms with Gasteiger partial charge in [-0.1, -0.05) is 23.7 Å². The Morgan fingerprint density at radius 1 is 1.22 bits per heavy atom. The maximum atomic E-state index is 12.3. The molecule has 2 fully saturated rings. The predicted molar refractivity (Wildman–Crippen MR) is 91.4 cm³/mol. The molecule has 23 heavy (non-hydrogen) atoms. The Bertz CT molecular complexity index is 506. The van der Waals surface area contributed by atoms with Crippen LogP contribution in [0.5, 0.6) is 0 Å². The van der Waals surface area contributed by atoms with E-state index in [1.54, 1.807) is 0 Å². The minimum atomic E-state index is 0.151. The number of hydrogen-bond donors (Lipinski definition) is 1. The highest BCUT2D eigenvalue weighted by molar-refractivity contribution is 6.30. The molecule has 2 aliphatic heterocycles. The number of piperidine rings is 1. The number of benzene rings is 1. The summed E-state index contributed by atoms with van der Waals surface area (Å²) in [6, 6.07) is 8.01. The number of likely N-dealkylation sites (tertiary alicyclic amines) is 1. The summed E-state index contributed by atoms with van der Waals surface area (Å²) < 4.78 is 5.55. The van der Waals surface area contributed by atoms with Crippen LogP contribution in [0.1, 0.15) is 31.2 Å². The maximum absolute atomic E-state index is 12.3. The average molecular weight is 337 g/mol. The molecule has 1 atom stereocenters. The van der Waals surface area contributed by atoms with E-state index in [1.807, 2.05) is 12.1 Å². The summed E-state index contributed by atoms with van der Waals surface area (Å²) in [5.74, 6) is 0.351. The van der Waals surface area contributed by atoms with E-state index in [4.69, 9.17) is 16.3 Å².